The number of carbonyl (C=O) groups excluding carboxylic acids is 1. The standard InChI is InChI=1S/C12H11BrClF2NO/c13-8-3-9(15)11(10(16)4-8)12(18)17-2-1-7(5-14)6-17/h3-4,7H,1-2,5-6H2. The summed E-state index contributed by atoms with van der Waals surface area (Å²) in [6.45, 7) is 0.947. The van der Waals surface area contributed by atoms with Crippen molar-refractivity contribution in [2.45, 2.75) is 6.42 Å². The Labute approximate surface area is 117 Å². The molecule has 0 radical (unpaired) electrons. The minimum absolute atomic E-state index is 0.206. The van der Waals surface area contributed by atoms with Crippen molar-refractivity contribution in [1.82, 2.24) is 4.90 Å². The van der Waals surface area contributed by atoms with Crippen LogP contribution in [0.4, 0.5) is 8.78 Å². The van der Waals surface area contributed by atoms with Gasteiger partial charge in [0.1, 0.15) is 17.2 Å². The molecule has 1 aromatic carbocycles. The van der Waals surface area contributed by atoms with Gasteiger partial charge in [-0.3, -0.25) is 4.79 Å². The molecule has 1 aliphatic heterocycles. The van der Waals surface area contributed by atoms with Gasteiger partial charge in [0.05, 0.1) is 0 Å². The Morgan fingerprint density at radius 1 is 1.44 bits per heavy atom. The van der Waals surface area contributed by atoms with Crippen molar-refractivity contribution in [3.05, 3.63) is 33.8 Å². The van der Waals surface area contributed by atoms with Crippen molar-refractivity contribution < 1.29 is 13.6 Å². The maximum absolute atomic E-state index is 13.7. The number of carbonyl (C=O) groups is 1. The summed E-state index contributed by atoms with van der Waals surface area (Å²) in [5, 5.41) is 0. The smallest absolute Gasteiger partial charge is 0.259 e. The molecule has 1 amide bonds. The first-order chi connectivity index (χ1) is 8.52. The van der Waals surface area contributed by atoms with Gasteiger partial charge in [0.15, 0.2) is 0 Å². The van der Waals surface area contributed by atoms with E-state index in [9.17, 15) is 13.6 Å². The Morgan fingerprint density at radius 2 is 2.06 bits per heavy atom. The van der Waals surface area contributed by atoms with Crippen molar-refractivity contribution >= 4 is 33.4 Å². The Balaban J connectivity index is 2.25. The largest absolute Gasteiger partial charge is 0.338 e. The van der Waals surface area contributed by atoms with E-state index < -0.39 is 23.1 Å². The van der Waals surface area contributed by atoms with E-state index >= 15 is 0 Å². The summed E-state index contributed by atoms with van der Waals surface area (Å²) in [4.78, 5) is 13.5. The molecule has 0 spiro atoms. The lowest BCUT2D eigenvalue weighted by Crippen LogP contribution is -2.30. The van der Waals surface area contributed by atoms with E-state index in [0.717, 1.165) is 18.6 Å². The number of nitrogens with zero attached hydrogens (tertiary/aromatic N) is 1. The molecule has 0 aliphatic carbocycles. The van der Waals surface area contributed by atoms with Crippen molar-refractivity contribution in [3.8, 4) is 0 Å². The van der Waals surface area contributed by atoms with Gasteiger partial charge in [-0.1, -0.05) is 15.9 Å². The van der Waals surface area contributed by atoms with Gasteiger partial charge in [-0.25, -0.2) is 8.78 Å². The maximum Gasteiger partial charge on any atom is 0.259 e. The van der Waals surface area contributed by atoms with E-state index in [1.165, 1.54) is 4.90 Å². The van der Waals surface area contributed by atoms with Crippen LogP contribution in [-0.2, 0) is 0 Å². The molecule has 0 bridgehead atoms. The molecular formula is C12H11BrClF2NO. The SMILES string of the molecule is O=C(c1c(F)cc(Br)cc1F)N1CCC(CCl)C1. The normalized spacial score (nSPS) is 19.3. The highest BCUT2D eigenvalue weighted by atomic mass is 79.9. The zero-order valence-corrected chi connectivity index (χ0v) is 11.8. The average molecular weight is 339 g/mol. The van der Waals surface area contributed by atoms with E-state index in [1.807, 2.05) is 0 Å². The topological polar surface area (TPSA) is 20.3 Å². The van der Waals surface area contributed by atoms with Crippen LogP contribution in [0, 0.1) is 17.6 Å². The van der Waals surface area contributed by atoms with Crippen LogP contribution in [0.25, 0.3) is 0 Å². The monoisotopic (exact) mass is 337 g/mol. The van der Waals surface area contributed by atoms with Crippen molar-refractivity contribution in [2.24, 2.45) is 5.92 Å². The Morgan fingerprint density at radius 3 is 2.56 bits per heavy atom. The highest BCUT2D eigenvalue weighted by molar-refractivity contribution is 9.10. The predicted octanol–water partition coefficient (Wildman–Crippen LogP) is 3.43. The van der Waals surface area contributed by atoms with Gasteiger partial charge in [0, 0.05) is 23.4 Å². The molecule has 0 aromatic heterocycles. The number of benzene rings is 1. The number of halogens is 4. The van der Waals surface area contributed by atoms with Crippen molar-refractivity contribution in [3.63, 3.8) is 0 Å². The molecule has 1 unspecified atom stereocenters. The van der Waals surface area contributed by atoms with Gasteiger partial charge >= 0.3 is 0 Å². The number of rotatable bonds is 2. The van der Waals surface area contributed by atoms with E-state index in [1.54, 1.807) is 0 Å². The second kappa shape index (κ2) is 5.53. The van der Waals surface area contributed by atoms with Gasteiger partial charge in [-0.2, -0.15) is 0 Å². The zero-order valence-electron chi connectivity index (χ0n) is 9.43. The average Bonchev–Trinajstić information content (AvgIpc) is 2.75. The molecule has 6 heteroatoms. The highest BCUT2D eigenvalue weighted by Gasteiger charge is 2.29. The second-order valence-corrected chi connectivity index (χ2v) is 5.53. The molecule has 0 saturated carbocycles. The van der Waals surface area contributed by atoms with E-state index in [-0.39, 0.29) is 10.4 Å². The second-order valence-electron chi connectivity index (χ2n) is 4.30. The van der Waals surface area contributed by atoms with Crippen LogP contribution in [0.2, 0.25) is 0 Å². The minimum Gasteiger partial charge on any atom is -0.338 e. The molecule has 1 aliphatic rings. The Kier molecular flexibility index (Phi) is 4.22. The van der Waals surface area contributed by atoms with Crippen LogP contribution >= 0.6 is 27.5 Å². The Hall–Kier alpha value is -0.680. The molecule has 1 heterocycles. The summed E-state index contributed by atoms with van der Waals surface area (Å²) < 4.78 is 27.6. The summed E-state index contributed by atoms with van der Waals surface area (Å²) in [6, 6.07) is 2.18. The molecule has 1 fully saturated rings. The van der Waals surface area contributed by atoms with Crippen LogP contribution in [0.3, 0.4) is 0 Å². The van der Waals surface area contributed by atoms with E-state index in [0.29, 0.717) is 19.0 Å². The number of hydrogen-bond acceptors (Lipinski definition) is 1. The molecule has 98 valence electrons. The third-order valence-corrected chi connectivity index (χ3v) is 3.91. The fourth-order valence-corrected chi connectivity index (χ4v) is 2.70. The summed E-state index contributed by atoms with van der Waals surface area (Å²) in [6.07, 6.45) is 0.773. The van der Waals surface area contributed by atoms with Crippen molar-refractivity contribution in [2.75, 3.05) is 19.0 Å². The van der Waals surface area contributed by atoms with Crippen LogP contribution < -0.4 is 0 Å². The van der Waals surface area contributed by atoms with E-state index in [4.69, 9.17) is 11.6 Å². The van der Waals surface area contributed by atoms with Crippen molar-refractivity contribution in [1.29, 1.82) is 0 Å². The molecular weight excluding hydrogens is 327 g/mol. The molecule has 2 rings (SSSR count). The van der Waals surface area contributed by atoms with Crippen LogP contribution in [0.15, 0.2) is 16.6 Å². The quantitative estimate of drug-likeness (QED) is 0.757. The summed E-state index contributed by atoms with van der Waals surface area (Å²) in [5.74, 6) is -1.64. The molecule has 0 N–H and O–H groups in total. The number of likely N-dealkylation sites (tertiary alicyclic amines) is 1. The van der Waals surface area contributed by atoms with Crippen LogP contribution in [0.1, 0.15) is 16.8 Å². The number of hydrogen-bond donors (Lipinski definition) is 0. The molecule has 18 heavy (non-hydrogen) atoms. The molecule has 1 saturated heterocycles. The summed E-state index contributed by atoms with van der Waals surface area (Å²) >= 11 is 8.69. The van der Waals surface area contributed by atoms with Crippen LogP contribution in [0.5, 0.6) is 0 Å². The third kappa shape index (κ3) is 2.67. The summed E-state index contributed by atoms with van der Waals surface area (Å²) in [5.41, 5.74) is -0.492. The van der Waals surface area contributed by atoms with Gasteiger partial charge in [0.2, 0.25) is 0 Å². The number of alkyl halides is 1. The first kappa shape index (κ1) is 13.7. The van der Waals surface area contributed by atoms with Gasteiger partial charge < -0.3 is 4.90 Å². The third-order valence-electron chi connectivity index (χ3n) is 3.01. The number of amides is 1. The fraction of sp³-hybridized carbons (Fsp3) is 0.417. The lowest BCUT2D eigenvalue weighted by Gasteiger charge is -2.17. The first-order valence-corrected chi connectivity index (χ1v) is 6.85. The fourth-order valence-electron chi connectivity index (χ4n) is 2.05. The summed E-state index contributed by atoms with van der Waals surface area (Å²) in [7, 11) is 0. The highest BCUT2D eigenvalue weighted by Crippen LogP contribution is 2.24. The first-order valence-electron chi connectivity index (χ1n) is 5.52. The van der Waals surface area contributed by atoms with Gasteiger partial charge in [0.25, 0.3) is 5.91 Å². The minimum atomic E-state index is -0.846. The van der Waals surface area contributed by atoms with Gasteiger partial charge in [-0.15, -0.1) is 11.6 Å². The van der Waals surface area contributed by atoms with E-state index in [2.05, 4.69) is 15.9 Å². The predicted molar refractivity (Wildman–Crippen MR) is 68.8 cm³/mol. The maximum atomic E-state index is 13.7. The lowest BCUT2D eigenvalue weighted by atomic mass is 10.1. The van der Waals surface area contributed by atoms with Crippen LogP contribution in [-0.4, -0.2) is 29.8 Å². The van der Waals surface area contributed by atoms with Gasteiger partial charge in [-0.05, 0) is 24.5 Å². The lowest BCUT2D eigenvalue weighted by molar-refractivity contribution is 0.0778. The Bertz CT molecular complexity index is 460. The zero-order chi connectivity index (χ0) is 13.3. The molecule has 1 atom stereocenters. The molecule has 2 nitrogen and oxygen atoms in total. The molecule has 1 aromatic rings.